The van der Waals surface area contributed by atoms with Gasteiger partial charge in [-0.2, -0.15) is 0 Å². The number of nitrogens with one attached hydrogen (secondary N) is 1. The summed E-state index contributed by atoms with van der Waals surface area (Å²) in [4.78, 5) is 30.7. The van der Waals surface area contributed by atoms with Crippen LogP contribution in [0.15, 0.2) is 59.6 Å². The molecule has 1 unspecified atom stereocenters. The number of amidine groups is 1. The zero-order valence-electron chi connectivity index (χ0n) is 14.5. The predicted molar refractivity (Wildman–Crippen MR) is 104 cm³/mol. The lowest BCUT2D eigenvalue weighted by Gasteiger charge is -2.09. The van der Waals surface area contributed by atoms with Crippen molar-refractivity contribution in [2.45, 2.75) is 11.7 Å². The van der Waals surface area contributed by atoms with Crippen LogP contribution in [-0.2, 0) is 9.59 Å². The fourth-order valence-corrected chi connectivity index (χ4v) is 3.62. The summed E-state index contributed by atoms with van der Waals surface area (Å²) in [5, 5.41) is 2.93. The number of nitrogens with zero attached hydrogens (tertiary/aromatic N) is 2. The average molecular weight is 369 g/mol. The van der Waals surface area contributed by atoms with Gasteiger partial charge in [0.15, 0.2) is 5.17 Å². The fraction of sp³-hybridized carbons (Fsp3) is 0.211. The number of anilines is 1. The van der Waals surface area contributed by atoms with Crippen LogP contribution in [0.3, 0.4) is 0 Å². The zero-order valence-corrected chi connectivity index (χ0v) is 15.3. The molecule has 1 aliphatic rings. The number of carbonyl (C=O) groups is 2. The second kappa shape index (κ2) is 8.05. The molecule has 0 saturated carbocycles. The maximum atomic E-state index is 12.4. The van der Waals surface area contributed by atoms with Crippen LogP contribution in [0.4, 0.5) is 11.4 Å². The highest BCUT2D eigenvalue weighted by molar-refractivity contribution is 8.15. The minimum atomic E-state index is -0.472. The molecule has 2 aromatic carbocycles. The summed E-state index contributed by atoms with van der Waals surface area (Å²) in [6.07, 6.45) is 0.0910. The van der Waals surface area contributed by atoms with Crippen LogP contribution in [-0.4, -0.2) is 41.3 Å². The first-order valence-corrected chi connectivity index (χ1v) is 8.96. The summed E-state index contributed by atoms with van der Waals surface area (Å²) in [6.45, 7) is 0. The Hall–Kier alpha value is -2.80. The van der Waals surface area contributed by atoms with Crippen molar-refractivity contribution < 1.29 is 14.3 Å². The van der Waals surface area contributed by atoms with E-state index in [9.17, 15) is 9.59 Å². The molecule has 3 rings (SSSR count). The lowest BCUT2D eigenvalue weighted by Crippen LogP contribution is -2.30. The fourth-order valence-electron chi connectivity index (χ4n) is 2.47. The van der Waals surface area contributed by atoms with E-state index in [2.05, 4.69) is 10.3 Å². The molecule has 0 aliphatic carbocycles. The molecule has 26 heavy (non-hydrogen) atoms. The molecule has 1 fully saturated rings. The van der Waals surface area contributed by atoms with Gasteiger partial charge < -0.3 is 10.1 Å². The Bertz CT molecular complexity index is 822. The molecule has 1 atom stereocenters. The van der Waals surface area contributed by atoms with E-state index in [1.807, 2.05) is 30.3 Å². The molecule has 1 N–H and O–H groups in total. The second-order valence-corrected chi connectivity index (χ2v) is 6.88. The molecular formula is C19H19N3O3S. The van der Waals surface area contributed by atoms with Gasteiger partial charge in [0.05, 0.1) is 12.8 Å². The number of hydrogen-bond donors (Lipinski definition) is 1. The van der Waals surface area contributed by atoms with Crippen molar-refractivity contribution in [3.63, 3.8) is 0 Å². The Morgan fingerprint density at radius 2 is 1.88 bits per heavy atom. The smallest absolute Gasteiger partial charge is 0.242 e. The summed E-state index contributed by atoms with van der Waals surface area (Å²) in [5.41, 5.74) is 1.44. The van der Waals surface area contributed by atoms with Crippen LogP contribution in [0.25, 0.3) is 0 Å². The minimum Gasteiger partial charge on any atom is -0.497 e. The van der Waals surface area contributed by atoms with Crippen LogP contribution in [0.5, 0.6) is 5.75 Å². The number of para-hydroxylation sites is 1. The van der Waals surface area contributed by atoms with E-state index >= 15 is 0 Å². The van der Waals surface area contributed by atoms with Crippen molar-refractivity contribution in [2.75, 3.05) is 19.5 Å². The molecule has 1 heterocycles. The van der Waals surface area contributed by atoms with Gasteiger partial charge in [0.25, 0.3) is 0 Å². The van der Waals surface area contributed by atoms with Crippen molar-refractivity contribution in [1.29, 1.82) is 0 Å². The van der Waals surface area contributed by atoms with Gasteiger partial charge in [0.2, 0.25) is 11.8 Å². The third kappa shape index (κ3) is 4.23. The van der Waals surface area contributed by atoms with Crippen molar-refractivity contribution in [2.24, 2.45) is 4.99 Å². The standard InChI is InChI=1S/C19H19N3O3S/c1-22-18(24)16(26-19(22)21-13-6-4-3-5-7-13)12-17(23)20-14-8-10-15(25-2)11-9-14/h3-11,16H,12H2,1-2H3,(H,20,23). The number of rotatable bonds is 5. The summed E-state index contributed by atoms with van der Waals surface area (Å²) in [6, 6.07) is 16.5. The topological polar surface area (TPSA) is 71.0 Å². The van der Waals surface area contributed by atoms with E-state index in [4.69, 9.17) is 4.74 Å². The van der Waals surface area contributed by atoms with E-state index < -0.39 is 5.25 Å². The zero-order chi connectivity index (χ0) is 18.5. The van der Waals surface area contributed by atoms with Gasteiger partial charge in [-0.05, 0) is 36.4 Å². The molecule has 0 spiro atoms. The number of aliphatic imine (C=N–C) groups is 1. The first kappa shape index (κ1) is 18.0. The third-order valence-corrected chi connectivity index (χ3v) is 5.09. The van der Waals surface area contributed by atoms with Gasteiger partial charge in [-0.15, -0.1) is 0 Å². The Morgan fingerprint density at radius 3 is 2.54 bits per heavy atom. The highest BCUT2D eigenvalue weighted by atomic mass is 32.2. The monoisotopic (exact) mass is 369 g/mol. The highest BCUT2D eigenvalue weighted by Crippen LogP contribution is 2.30. The van der Waals surface area contributed by atoms with E-state index in [1.165, 1.54) is 16.7 Å². The molecule has 0 aromatic heterocycles. The van der Waals surface area contributed by atoms with E-state index in [0.717, 1.165) is 5.69 Å². The molecule has 1 aliphatic heterocycles. The number of amides is 2. The summed E-state index contributed by atoms with van der Waals surface area (Å²) < 4.78 is 5.09. The van der Waals surface area contributed by atoms with E-state index in [0.29, 0.717) is 16.6 Å². The van der Waals surface area contributed by atoms with Crippen LogP contribution in [0.2, 0.25) is 0 Å². The molecule has 0 radical (unpaired) electrons. The molecule has 1 saturated heterocycles. The molecule has 134 valence electrons. The normalized spacial score (nSPS) is 18.2. The number of thioether (sulfide) groups is 1. The highest BCUT2D eigenvalue weighted by Gasteiger charge is 2.36. The van der Waals surface area contributed by atoms with Crippen LogP contribution >= 0.6 is 11.8 Å². The maximum Gasteiger partial charge on any atom is 0.242 e. The molecule has 6 nitrogen and oxygen atoms in total. The van der Waals surface area contributed by atoms with Crippen molar-refractivity contribution in [3.05, 3.63) is 54.6 Å². The summed E-state index contributed by atoms with van der Waals surface area (Å²) in [5.74, 6) is 0.387. The van der Waals surface area contributed by atoms with E-state index in [-0.39, 0.29) is 18.2 Å². The van der Waals surface area contributed by atoms with Gasteiger partial charge in [0, 0.05) is 19.2 Å². The lowest BCUT2D eigenvalue weighted by molar-refractivity contribution is -0.127. The molecule has 2 aromatic rings. The van der Waals surface area contributed by atoms with Gasteiger partial charge in [0.1, 0.15) is 11.0 Å². The van der Waals surface area contributed by atoms with Gasteiger partial charge in [-0.3, -0.25) is 14.5 Å². The molecule has 2 amide bonds. The van der Waals surface area contributed by atoms with Crippen LogP contribution in [0.1, 0.15) is 6.42 Å². The minimum absolute atomic E-state index is 0.0910. The van der Waals surface area contributed by atoms with Crippen molar-refractivity contribution >= 4 is 40.1 Å². The Morgan fingerprint density at radius 1 is 1.19 bits per heavy atom. The Labute approximate surface area is 156 Å². The van der Waals surface area contributed by atoms with Crippen LogP contribution < -0.4 is 10.1 Å². The van der Waals surface area contributed by atoms with Gasteiger partial charge in [-0.25, -0.2) is 4.99 Å². The second-order valence-electron chi connectivity index (χ2n) is 5.71. The molecular weight excluding hydrogens is 350 g/mol. The van der Waals surface area contributed by atoms with Gasteiger partial charge >= 0.3 is 0 Å². The molecule has 0 bridgehead atoms. The first-order valence-electron chi connectivity index (χ1n) is 8.08. The van der Waals surface area contributed by atoms with Crippen LogP contribution in [0, 0.1) is 0 Å². The maximum absolute atomic E-state index is 12.4. The lowest BCUT2D eigenvalue weighted by atomic mass is 10.2. The Kier molecular flexibility index (Phi) is 5.58. The SMILES string of the molecule is COc1ccc(NC(=O)CC2SC(=Nc3ccccc3)N(C)C2=O)cc1. The predicted octanol–water partition coefficient (Wildman–Crippen LogP) is 3.29. The number of benzene rings is 2. The third-order valence-electron chi connectivity index (χ3n) is 3.87. The van der Waals surface area contributed by atoms with Crippen molar-refractivity contribution in [3.8, 4) is 5.75 Å². The van der Waals surface area contributed by atoms with Crippen molar-refractivity contribution in [1.82, 2.24) is 4.90 Å². The summed E-state index contributed by atoms with van der Waals surface area (Å²) >= 11 is 1.31. The first-order chi connectivity index (χ1) is 12.6. The number of carbonyl (C=O) groups excluding carboxylic acids is 2. The number of hydrogen-bond acceptors (Lipinski definition) is 5. The molecule has 7 heteroatoms. The number of methoxy groups -OCH3 is 1. The summed E-state index contributed by atoms with van der Waals surface area (Å²) in [7, 11) is 3.26. The average Bonchev–Trinajstić information content (AvgIpc) is 2.91. The van der Waals surface area contributed by atoms with Gasteiger partial charge in [-0.1, -0.05) is 30.0 Å². The number of ether oxygens (including phenoxy) is 1. The van der Waals surface area contributed by atoms with E-state index in [1.54, 1.807) is 38.4 Å². The quantitative estimate of drug-likeness (QED) is 0.878. The Balaban J connectivity index is 1.63. The largest absolute Gasteiger partial charge is 0.497 e.